The Morgan fingerprint density at radius 3 is 2.69 bits per heavy atom. The molecule has 0 aliphatic rings. The number of nitrogens with two attached hydrogens (primary N) is 1. The van der Waals surface area contributed by atoms with Crippen molar-refractivity contribution in [2.45, 2.75) is 13.0 Å². The summed E-state index contributed by atoms with van der Waals surface area (Å²) in [6.45, 7) is 2.97. The van der Waals surface area contributed by atoms with Crippen LogP contribution in [-0.2, 0) is 20.8 Å². The van der Waals surface area contributed by atoms with Gasteiger partial charge in [-0.2, -0.15) is 0 Å². The highest BCUT2D eigenvalue weighted by molar-refractivity contribution is 7.09. The van der Waals surface area contributed by atoms with Gasteiger partial charge in [0.25, 0.3) is 0 Å². The van der Waals surface area contributed by atoms with Gasteiger partial charge in [0.1, 0.15) is 10.7 Å². The first-order chi connectivity index (χ1) is 7.84. The minimum absolute atomic E-state index is 0.417. The van der Waals surface area contributed by atoms with Crippen LogP contribution >= 0.6 is 11.5 Å². The van der Waals surface area contributed by atoms with E-state index in [4.69, 9.17) is 19.9 Å². The summed E-state index contributed by atoms with van der Waals surface area (Å²) in [5.74, 6) is 0. The van der Waals surface area contributed by atoms with Crippen molar-refractivity contribution < 1.29 is 14.2 Å². The van der Waals surface area contributed by atoms with E-state index in [1.54, 1.807) is 7.11 Å². The molecule has 0 aromatic carbocycles. The van der Waals surface area contributed by atoms with Gasteiger partial charge in [-0.05, 0) is 6.42 Å². The highest BCUT2D eigenvalue weighted by Gasteiger charge is 2.03. The van der Waals surface area contributed by atoms with Crippen molar-refractivity contribution in [2.24, 2.45) is 0 Å². The average Bonchev–Trinajstić information content (AvgIpc) is 2.68. The first-order valence-corrected chi connectivity index (χ1v) is 5.83. The van der Waals surface area contributed by atoms with E-state index >= 15 is 0 Å². The lowest BCUT2D eigenvalue weighted by molar-refractivity contribution is 0.0479. The third kappa shape index (κ3) is 5.36. The molecule has 0 spiro atoms. The van der Waals surface area contributed by atoms with E-state index < -0.39 is 0 Å². The molecule has 92 valence electrons. The molecular formula is C9H17N3O3S. The topological polar surface area (TPSA) is 79.5 Å². The number of anilines is 1. The Kier molecular flexibility index (Phi) is 6.98. The molecule has 0 unspecified atom stereocenters. The molecule has 0 bridgehead atoms. The number of rotatable bonds is 9. The molecule has 0 atom stereocenters. The van der Waals surface area contributed by atoms with Crippen molar-refractivity contribution in [1.82, 2.24) is 9.59 Å². The van der Waals surface area contributed by atoms with Crippen molar-refractivity contribution >= 4 is 16.5 Å². The highest BCUT2D eigenvalue weighted by atomic mass is 32.1. The van der Waals surface area contributed by atoms with Gasteiger partial charge in [-0.1, -0.05) is 4.49 Å². The number of aromatic nitrogens is 2. The molecule has 1 heterocycles. The van der Waals surface area contributed by atoms with Crippen molar-refractivity contribution in [1.29, 1.82) is 0 Å². The third-order valence-corrected chi connectivity index (χ3v) is 2.43. The number of nitrogen functional groups attached to an aromatic ring is 1. The van der Waals surface area contributed by atoms with Gasteiger partial charge in [-0.15, -0.1) is 5.10 Å². The fraction of sp³-hybridized carbons (Fsp3) is 0.778. The van der Waals surface area contributed by atoms with Gasteiger partial charge in [-0.3, -0.25) is 0 Å². The predicted octanol–water partition coefficient (Wildman–Crippen LogP) is 0.690. The minimum Gasteiger partial charge on any atom is -0.388 e. The molecule has 0 aliphatic carbocycles. The molecule has 16 heavy (non-hydrogen) atoms. The number of ether oxygens (including phenoxy) is 3. The van der Waals surface area contributed by atoms with Gasteiger partial charge < -0.3 is 19.9 Å². The third-order valence-electron chi connectivity index (χ3n) is 1.83. The largest absolute Gasteiger partial charge is 0.388 e. The monoisotopic (exact) mass is 247 g/mol. The Morgan fingerprint density at radius 1 is 1.19 bits per heavy atom. The maximum Gasteiger partial charge on any atom is 0.133 e. The highest BCUT2D eigenvalue weighted by Crippen LogP contribution is 2.12. The zero-order chi connectivity index (χ0) is 11.6. The second-order valence-corrected chi connectivity index (χ2v) is 3.88. The molecule has 7 heteroatoms. The van der Waals surface area contributed by atoms with Gasteiger partial charge >= 0.3 is 0 Å². The molecule has 0 saturated carbocycles. The maximum absolute atomic E-state index is 5.61. The lowest BCUT2D eigenvalue weighted by Gasteiger charge is -2.04. The Hall–Kier alpha value is -0.760. The quantitative estimate of drug-likeness (QED) is 0.647. The smallest absolute Gasteiger partial charge is 0.133 e. The number of hydrogen-bond acceptors (Lipinski definition) is 7. The zero-order valence-electron chi connectivity index (χ0n) is 9.35. The van der Waals surface area contributed by atoms with Crippen LogP contribution < -0.4 is 5.73 Å². The molecule has 0 radical (unpaired) electrons. The van der Waals surface area contributed by atoms with Crippen LogP contribution in [0.15, 0.2) is 0 Å². The van der Waals surface area contributed by atoms with Crippen molar-refractivity contribution in [3.05, 3.63) is 5.69 Å². The minimum atomic E-state index is 0.417. The van der Waals surface area contributed by atoms with E-state index in [-0.39, 0.29) is 0 Å². The fourth-order valence-corrected chi connectivity index (χ4v) is 1.42. The van der Waals surface area contributed by atoms with Crippen LogP contribution in [0.1, 0.15) is 12.1 Å². The van der Waals surface area contributed by atoms with E-state index in [1.807, 2.05) is 0 Å². The average molecular weight is 247 g/mol. The molecule has 0 fully saturated rings. The van der Waals surface area contributed by atoms with E-state index in [0.717, 1.165) is 6.42 Å². The van der Waals surface area contributed by atoms with E-state index in [1.165, 1.54) is 11.5 Å². The number of nitrogens with zero attached hydrogens (tertiary/aromatic N) is 2. The van der Waals surface area contributed by atoms with Gasteiger partial charge in [0.2, 0.25) is 0 Å². The Balaban J connectivity index is 1.91. The number of hydrogen-bond donors (Lipinski definition) is 1. The van der Waals surface area contributed by atoms with E-state index in [2.05, 4.69) is 9.59 Å². The van der Waals surface area contributed by atoms with Gasteiger partial charge in [0.15, 0.2) is 0 Å². The molecule has 2 N–H and O–H groups in total. The van der Waals surface area contributed by atoms with Crippen LogP contribution in [0.3, 0.4) is 0 Å². The van der Waals surface area contributed by atoms with E-state index in [9.17, 15) is 0 Å². The normalized spacial score (nSPS) is 10.8. The van der Waals surface area contributed by atoms with Crippen molar-refractivity contribution in [3.63, 3.8) is 0 Å². The summed E-state index contributed by atoms with van der Waals surface area (Å²) in [4.78, 5) is 0. The first-order valence-electron chi connectivity index (χ1n) is 5.05. The second kappa shape index (κ2) is 8.40. The van der Waals surface area contributed by atoms with Crippen LogP contribution in [0, 0.1) is 0 Å². The Labute approximate surface area is 98.9 Å². The lowest BCUT2D eigenvalue weighted by atomic mass is 10.4. The van der Waals surface area contributed by atoms with Gasteiger partial charge in [0.05, 0.1) is 19.8 Å². The summed E-state index contributed by atoms with van der Waals surface area (Å²) in [6, 6.07) is 0. The summed E-state index contributed by atoms with van der Waals surface area (Å²) in [6.07, 6.45) is 0.848. The number of methoxy groups -OCH3 is 1. The summed E-state index contributed by atoms with van der Waals surface area (Å²) in [7, 11) is 1.65. The maximum atomic E-state index is 5.61. The van der Waals surface area contributed by atoms with Crippen molar-refractivity contribution in [3.8, 4) is 0 Å². The SMILES string of the molecule is COCCOCCCOCc1nnsc1N. The van der Waals surface area contributed by atoms with Crippen LogP contribution in [0.2, 0.25) is 0 Å². The molecule has 1 rings (SSSR count). The summed E-state index contributed by atoms with van der Waals surface area (Å²) >= 11 is 1.18. The molecule has 0 amide bonds. The Bertz CT molecular complexity index is 283. The van der Waals surface area contributed by atoms with Crippen LogP contribution in [0.5, 0.6) is 0 Å². The van der Waals surface area contributed by atoms with E-state index in [0.29, 0.717) is 43.7 Å². The predicted molar refractivity (Wildman–Crippen MR) is 61.3 cm³/mol. The van der Waals surface area contributed by atoms with Crippen LogP contribution in [0.4, 0.5) is 5.00 Å². The van der Waals surface area contributed by atoms with Gasteiger partial charge in [-0.25, -0.2) is 0 Å². The molecule has 0 aliphatic heterocycles. The molecular weight excluding hydrogens is 230 g/mol. The lowest BCUT2D eigenvalue weighted by Crippen LogP contribution is -2.06. The molecule has 1 aromatic heterocycles. The Morgan fingerprint density at radius 2 is 2.00 bits per heavy atom. The fourth-order valence-electron chi connectivity index (χ4n) is 0.992. The first kappa shape index (κ1) is 13.3. The second-order valence-electron chi connectivity index (χ2n) is 3.10. The van der Waals surface area contributed by atoms with Crippen molar-refractivity contribution in [2.75, 3.05) is 39.3 Å². The summed E-state index contributed by atoms with van der Waals surface area (Å²) < 4.78 is 19.2. The standard InChI is InChI=1S/C9H17N3O3S/c1-13-5-6-14-3-2-4-15-7-8-9(10)16-12-11-8/h2-7,10H2,1H3. The van der Waals surface area contributed by atoms with Gasteiger partial charge in [0, 0.05) is 31.9 Å². The molecule has 6 nitrogen and oxygen atoms in total. The molecule has 0 saturated heterocycles. The molecule has 1 aromatic rings. The van der Waals surface area contributed by atoms with Crippen LogP contribution in [-0.4, -0.2) is 43.1 Å². The summed E-state index contributed by atoms with van der Waals surface area (Å²) in [5.41, 5.74) is 6.32. The zero-order valence-corrected chi connectivity index (χ0v) is 10.2. The van der Waals surface area contributed by atoms with Crippen LogP contribution in [0.25, 0.3) is 0 Å². The summed E-state index contributed by atoms with van der Waals surface area (Å²) in [5, 5.41) is 4.47.